The highest BCUT2D eigenvalue weighted by atomic mass is 16.5. The number of allylic oxidation sites excluding steroid dienone is 2. The van der Waals surface area contributed by atoms with E-state index in [9.17, 15) is 9.59 Å². The van der Waals surface area contributed by atoms with Crippen LogP contribution in [0.5, 0.6) is 0 Å². The summed E-state index contributed by atoms with van der Waals surface area (Å²) in [5, 5.41) is 2.67. The van der Waals surface area contributed by atoms with Gasteiger partial charge in [0, 0.05) is 12.8 Å². The Kier molecular flexibility index (Phi) is 4.75. The van der Waals surface area contributed by atoms with E-state index in [1.165, 1.54) is 0 Å². The molecule has 0 aromatic carbocycles. The molecule has 1 aliphatic rings. The number of carbonyl (C=O) groups is 2. The summed E-state index contributed by atoms with van der Waals surface area (Å²) in [6.07, 6.45) is 6.20. The molecule has 0 aliphatic carbocycles. The van der Waals surface area contributed by atoms with Gasteiger partial charge in [-0.15, -0.1) is 0 Å². The first-order valence-corrected chi connectivity index (χ1v) is 4.86. The van der Waals surface area contributed by atoms with E-state index in [2.05, 4.69) is 5.32 Å². The molecule has 0 atom stereocenters. The molecule has 0 fully saturated rings. The number of nitrogens with one attached hydrogen (secondary N) is 1. The van der Waals surface area contributed by atoms with Gasteiger partial charge in [0.05, 0.1) is 6.54 Å². The third kappa shape index (κ3) is 4.64. The van der Waals surface area contributed by atoms with Crippen molar-refractivity contribution in [3.05, 3.63) is 12.2 Å². The molecule has 14 heavy (non-hydrogen) atoms. The summed E-state index contributed by atoms with van der Waals surface area (Å²) in [4.78, 5) is 22.1. The van der Waals surface area contributed by atoms with Gasteiger partial charge in [-0.2, -0.15) is 0 Å². The molecule has 78 valence electrons. The number of ether oxygens (including phenoxy) is 1. The summed E-state index contributed by atoms with van der Waals surface area (Å²) in [6.45, 7) is 0.683. The zero-order chi connectivity index (χ0) is 10.2. The monoisotopic (exact) mass is 197 g/mol. The fourth-order valence-electron chi connectivity index (χ4n) is 1.17. The van der Waals surface area contributed by atoms with Crippen molar-refractivity contribution in [1.82, 2.24) is 5.32 Å². The van der Waals surface area contributed by atoms with Crippen molar-refractivity contribution in [3.8, 4) is 0 Å². The third-order valence-electron chi connectivity index (χ3n) is 1.91. The quantitative estimate of drug-likeness (QED) is 0.461. The molecule has 1 amide bonds. The lowest BCUT2D eigenvalue weighted by Gasteiger charge is -2.06. The minimum atomic E-state index is -0.204. The van der Waals surface area contributed by atoms with Crippen molar-refractivity contribution in [3.63, 3.8) is 0 Å². The van der Waals surface area contributed by atoms with Gasteiger partial charge in [0.1, 0.15) is 6.61 Å². The van der Waals surface area contributed by atoms with E-state index in [1.807, 2.05) is 12.2 Å². The molecule has 1 rings (SSSR count). The molecular weight excluding hydrogens is 182 g/mol. The first-order valence-electron chi connectivity index (χ1n) is 4.86. The SMILES string of the molecule is O=C1CC/C=C/CCC(=O)OCCN1. The van der Waals surface area contributed by atoms with Crippen LogP contribution in [0.25, 0.3) is 0 Å². The second kappa shape index (κ2) is 6.18. The van der Waals surface area contributed by atoms with Gasteiger partial charge in [-0.3, -0.25) is 9.59 Å². The van der Waals surface area contributed by atoms with E-state index in [0.29, 0.717) is 25.8 Å². The molecule has 0 aromatic heterocycles. The van der Waals surface area contributed by atoms with E-state index in [4.69, 9.17) is 4.74 Å². The molecule has 0 unspecified atom stereocenters. The van der Waals surface area contributed by atoms with Gasteiger partial charge in [0.25, 0.3) is 0 Å². The Morgan fingerprint density at radius 2 is 1.86 bits per heavy atom. The Morgan fingerprint density at radius 3 is 2.64 bits per heavy atom. The number of cyclic esters (lactones) is 1. The fraction of sp³-hybridized carbons (Fsp3) is 0.600. The van der Waals surface area contributed by atoms with Crippen molar-refractivity contribution in [2.24, 2.45) is 0 Å². The minimum Gasteiger partial charge on any atom is -0.464 e. The van der Waals surface area contributed by atoms with Crippen molar-refractivity contribution in [2.45, 2.75) is 25.7 Å². The molecule has 0 spiro atoms. The second-order valence-electron chi connectivity index (χ2n) is 3.12. The van der Waals surface area contributed by atoms with Crippen LogP contribution in [0.2, 0.25) is 0 Å². The maximum absolute atomic E-state index is 11.1. The van der Waals surface area contributed by atoms with Crippen LogP contribution in [-0.2, 0) is 14.3 Å². The number of hydrogen-bond acceptors (Lipinski definition) is 3. The van der Waals surface area contributed by atoms with Crippen LogP contribution in [0.4, 0.5) is 0 Å². The Balaban J connectivity index is 2.37. The Labute approximate surface area is 83.3 Å². The van der Waals surface area contributed by atoms with Crippen LogP contribution in [0.3, 0.4) is 0 Å². The third-order valence-corrected chi connectivity index (χ3v) is 1.91. The Hall–Kier alpha value is -1.32. The second-order valence-corrected chi connectivity index (χ2v) is 3.12. The summed E-state index contributed by atoms with van der Waals surface area (Å²) in [6, 6.07) is 0. The van der Waals surface area contributed by atoms with E-state index in [1.54, 1.807) is 0 Å². The highest BCUT2D eigenvalue weighted by Crippen LogP contribution is 1.98. The van der Waals surface area contributed by atoms with Crippen molar-refractivity contribution in [1.29, 1.82) is 0 Å². The average molecular weight is 197 g/mol. The molecule has 1 aliphatic heterocycles. The number of rotatable bonds is 0. The van der Waals surface area contributed by atoms with Crippen LogP contribution in [0.1, 0.15) is 25.7 Å². The molecule has 1 heterocycles. The minimum absolute atomic E-state index is 0.00581. The van der Waals surface area contributed by atoms with E-state index >= 15 is 0 Å². The summed E-state index contributed by atoms with van der Waals surface area (Å²) < 4.78 is 4.88. The summed E-state index contributed by atoms with van der Waals surface area (Å²) >= 11 is 0. The molecule has 0 aromatic rings. The van der Waals surface area contributed by atoms with Crippen molar-refractivity contribution >= 4 is 11.9 Å². The first-order chi connectivity index (χ1) is 6.79. The van der Waals surface area contributed by atoms with Crippen LogP contribution < -0.4 is 5.32 Å². The Bertz CT molecular complexity index is 212. The van der Waals surface area contributed by atoms with E-state index in [0.717, 1.165) is 6.42 Å². The van der Waals surface area contributed by atoms with Gasteiger partial charge in [-0.05, 0) is 12.8 Å². The summed E-state index contributed by atoms with van der Waals surface area (Å²) in [5.74, 6) is -0.198. The summed E-state index contributed by atoms with van der Waals surface area (Å²) in [5.41, 5.74) is 0. The maximum Gasteiger partial charge on any atom is 0.306 e. The number of carbonyl (C=O) groups excluding carboxylic acids is 2. The lowest BCUT2D eigenvalue weighted by atomic mass is 10.2. The molecule has 0 saturated carbocycles. The molecular formula is C10H15NO3. The molecule has 1 N–H and O–H groups in total. The molecule has 4 nitrogen and oxygen atoms in total. The van der Waals surface area contributed by atoms with Gasteiger partial charge in [-0.25, -0.2) is 0 Å². The molecule has 4 heteroatoms. The van der Waals surface area contributed by atoms with Crippen LogP contribution in [0.15, 0.2) is 12.2 Å². The van der Waals surface area contributed by atoms with Gasteiger partial charge in [0.2, 0.25) is 5.91 Å². The van der Waals surface area contributed by atoms with Crippen LogP contribution >= 0.6 is 0 Å². The summed E-state index contributed by atoms with van der Waals surface area (Å²) in [7, 11) is 0. The number of amides is 1. The van der Waals surface area contributed by atoms with E-state index in [-0.39, 0.29) is 18.5 Å². The zero-order valence-corrected chi connectivity index (χ0v) is 8.12. The highest BCUT2D eigenvalue weighted by molar-refractivity contribution is 5.76. The maximum atomic E-state index is 11.1. The fourth-order valence-corrected chi connectivity index (χ4v) is 1.17. The highest BCUT2D eigenvalue weighted by Gasteiger charge is 2.03. The van der Waals surface area contributed by atoms with Gasteiger partial charge in [0.15, 0.2) is 0 Å². The van der Waals surface area contributed by atoms with Gasteiger partial charge in [-0.1, -0.05) is 12.2 Å². The number of esters is 1. The smallest absolute Gasteiger partial charge is 0.306 e. The lowest BCUT2D eigenvalue weighted by molar-refractivity contribution is -0.143. The first kappa shape index (κ1) is 10.8. The van der Waals surface area contributed by atoms with Crippen LogP contribution in [-0.4, -0.2) is 25.0 Å². The largest absolute Gasteiger partial charge is 0.464 e. The molecule has 0 radical (unpaired) electrons. The normalized spacial score (nSPS) is 22.6. The standard InChI is InChI=1S/C10H15NO3/c12-9-5-3-1-2-4-6-10(13)14-8-7-11-9/h1-2H,3-8H2,(H,11,12)/b2-1+. The lowest BCUT2D eigenvalue weighted by Crippen LogP contribution is -2.27. The van der Waals surface area contributed by atoms with Crippen molar-refractivity contribution < 1.29 is 14.3 Å². The molecule has 0 saturated heterocycles. The van der Waals surface area contributed by atoms with Crippen LogP contribution in [0, 0.1) is 0 Å². The Morgan fingerprint density at radius 1 is 1.14 bits per heavy atom. The molecule has 0 bridgehead atoms. The van der Waals surface area contributed by atoms with E-state index < -0.39 is 0 Å². The van der Waals surface area contributed by atoms with Crippen molar-refractivity contribution in [2.75, 3.05) is 13.2 Å². The topological polar surface area (TPSA) is 55.4 Å². The van der Waals surface area contributed by atoms with Gasteiger partial charge < -0.3 is 10.1 Å². The van der Waals surface area contributed by atoms with Gasteiger partial charge >= 0.3 is 5.97 Å². The predicted molar refractivity (Wildman–Crippen MR) is 51.6 cm³/mol. The predicted octanol–water partition coefficient (Wildman–Crippen LogP) is 0.776. The number of hydrogen-bond donors (Lipinski definition) is 1. The zero-order valence-electron chi connectivity index (χ0n) is 8.12. The average Bonchev–Trinajstić information content (AvgIpc) is 2.16.